The fraction of sp³-hybridized carbons (Fsp3) is 0.333. The van der Waals surface area contributed by atoms with Gasteiger partial charge in [0, 0.05) is 24.2 Å². The van der Waals surface area contributed by atoms with Crippen LogP contribution in [0.15, 0.2) is 29.8 Å². The van der Waals surface area contributed by atoms with E-state index in [0.717, 1.165) is 30.8 Å². The van der Waals surface area contributed by atoms with Crippen LogP contribution in [-0.4, -0.2) is 16.5 Å². The van der Waals surface area contributed by atoms with Crippen LogP contribution < -0.4 is 4.90 Å². The van der Waals surface area contributed by atoms with Crippen molar-refractivity contribution in [3.05, 3.63) is 50.5 Å². The molecule has 1 aliphatic heterocycles. The maximum absolute atomic E-state index is 11.4. The van der Waals surface area contributed by atoms with Gasteiger partial charge in [0.1, 0.15) is 10.7 Å². The summed E-state index contributed by atoms with van der Waals surface area (Å²) in [5.74, 6) is 0. The molecule has 0 aliphatic carbocycles. The van der Waals surface area contributed by atoms with Crippen molar-refractivity contribution in [2.24, 2.45) is 0 Å². The standard InChI is InChI=1S/C15H14N4O2S/c16-10-11-4-5-12(14(9-11)19(20)21)18-7-2-1-3-13(18)15-17-6-8-22-15/h4-6,8-9,13H,1-3,7H2/t13-/m1/s1. The smallest absolute Gasteiger partial charge is 0.293 e. The molecule has 1 saturated heterocycles. The van der Waals surface area contributed by atoms with E-state index >= 15 is 0 Å². The number of nitro benzene ring substituents is 1. The summed E-state index contributed by atoms with van der Waals surface area (Å²) in [5, 5.41) is 23.2. The van der Waals surface area contributed by atoms with Crippen molar-refractivity contribution in [3.63, 3.8) is 0 Å². The van der Waals surface area contributed by atoms with E-state index in [1.807, 2.05) is 11.4 Å². The summed E-state index contributed by atoms with van der Waals surface area (Å²) in [5.41, 5.74) is 0.865. The second kappa shape index (κ2) is 6.12. The third kappa shape index (κ3) is 2.65. The highest BCUT2D eigenvalue weighted by Crippen LogP contribution is 2.40. The molecule has 0 spiro atoms. The number of nitriles is 1. The lowest BCUT2D eigenvalue weighted by molar-refractivity contribution is -0.384. The van der Waals surface area contributed by atoms with Gasteiger partial charge in [0.15, 0.2) is 0 Å². The quantitative estimate of drug-likeness (QED) is 0.638. The van der Waals surface area contributed by atoms with Gasteiger partial charge in [-0.1, -0.05) is 0 Å². The van der Waals surface area contributed by atoms with Gasteiger partial charge in [-0.15, -0.1) is 11.3 Å². The number of nitrogens with zero attached hydrogens (tertiary/aromatic N) is 4. The van der Waals surface area contributed by atoms with Crippen LogP contribution in [0.25, 0.3) is 0 Å². The predicted molar refractivity (Wildman–Crippen MR) is 83.9 cm³/mol. The lowest BCUT2D eigenvalue weighted by Crippen LogP contribution is -2.33. The summed E-state index contributed by atoms with van der Waals surface area (Å²) in [6, 6.07) is 6.70. The molecule has 0 unspecified atom stereocenters. The molecule has 2 heterocycles. The molecule has 1 atom stereocenters. The highest BCUT2D eigenvalue weighted by Gasteiger charge is 2.30. The van der Waals surface area contributed by atoms with E-state index in [-0.39, 0.29) is 11.7 Å². The summed E-state index contributed by atoms with van der Waals surface area (Å²) in [4.78, 5) is 17.4. The average Bonchev–Trinajstić information content (AvgIpc) is 3.08. The SMILES string of the molecule is N#Cc1ccc(N2CCCC[C@@H]2c2nccs2)c([N+](=O)[O-])c1. The first kappa shape index (κ1) is 14.5. The van der Waals surface area contributed by atoms with Crippen molar-refractivity contribution in [2.75, 3.05) is 11.4 Å². The number of benzene rings is 1. The molecular formula is C15H14N4O2S. The molecule has 0 radical (unpaired) electrons. The zero-order valence-electron chi connectivity index (χ0n) is 11.8. The zero-order chi connectivity index (χ0) is 15.5. The van der Waals surface area contributed by atoms with Crippen LogP contribution in [0, 0.1) is 21.4 Å². The number of thiazole rings is 1. The summed E-state index contributed by atoms with van der Waals surface area (Å²) >= 11 is 1.57. The van der Waals surface area contributed by atoms with E-state index in [2.05, 4.69) is 9.88 Å². The predicted octanol–water partition coefficient (Wildman–Crippen LogP) is 3.65. The fourth-order valence-electron chi connectivity index (χ4n) is 2.86. The van der Waals surface area contributed by atoms with E-state index < -0.39 is 4.92 Å². The molecule has 0 amide bonds. The van der Waals surface area contributed by atoms with Gasteiger partial charge in [0.05, 0.1) is 22.6 Å². The van der Waals surface area contributed by atoms with Crippen LogP contribution in [-0.2, 0) is 0 Å². The number of aromatic nitrogens is 1. The molecule has 1 aliphatic rings. The highest BCUT2D eigenvalue weighted by molar-refractivity contribution is 7.09. The molecule has 0 saturated carbocycles. The summed E-state index contributed by atoms with van der Waals surface area (Å²) in [6.07, 6.45) is 4.79. The first-order valence-electron chi connectivity index (χ1n) is 7.05. The van der Waals surface area contributed by atoms with Gasteiger partial charge in [-0.2, -0.15) is 5.26 Å². The van der Waals surface area contributed by atoms with Gasteiger partial charge < -0.3 is 4.90 Å². The monoisotopic (exact) mass is 314 g/mol. The van der Waals surface area contributed by atoms with Crippen molar-refractivity contribution in [3.8, 4) is 6.07 Å². The van der Waals surface area contributed by atoms with Gasteiger partial charge in [0.2, 0.25) is 0 Å². The van der Waals surface area contributed by atoms with Crippen molar-refractivity contribution in [1.29, 1.82) is 5.26 Å². The van der Waals surface area contributed by atoms with Gasteiger partial charge in [0.25, 0.3) is 5.69 Å². The Hall–Kier alpha value is -2.46. The molecule has 1 fully saturated rings. The van der Waals surface area contributed by atoms with Crippen molar-refractivity contribution in [2.45, 2.75) is 25.3 Å². The Labute approximate surface area is 131 Å². The number of anilines is 1. The summed E-state index contributed by atoms with van der Waals surface area (Å²) in [7, 11) is 0. The van der Waals surface area contributed by atoms with Gasteiger partial charge in [-0.3, -0.25) is 10.1 Å². The zero-order valence-corrected chi connectivity index (χ0v) is 12.6. The molecule has 1 aromatic heterocycles. The Bertz CT molecular complexity index is 724. The van der Waals surface area contributed by atoms with Crippen LogP contribution in [0.1, 0.15) is 35.9 Å². The Morgan fingerprint density at radius 2 is 2.32 bits per heavy atom. The second-order valence-electron chi connectivity index (χ2n) is 5.15. The number of rotatable bonds is 3. The first-order valence-corrected chi connectivity index (χ1v) is 7.93. The number of hydrogen-bond acceptors (Lipinski definition) is 6. The number of hydrogen-bond donors (Lipinski definition) is 0. The second-order valence-corrected chi connectivity index (χ2v) is 6.07. The van der Waals surface area contributed by atoms with Crippen LogP contribution in [0.4, 0.5) is 11.4 Å². The van der Waals surface area contributed by atoms with E-state index in [4.69, 9.17) is 5.26 Å². The normalized spacial score (nSPS) is 18.0. The third-order valence-electron chi connectivity index (χ3n) is 3.85. The molecule has 112 valence electrons. The average molecular weight is 314 g/mol. The summed E-state index contributed by atoms with van der Waals surface area (Å²) < 4.78 is 0. The van der Waals surface area contributed by atoms with Crippen molar-refractivity contribution in [1.82, 2.24) is 4.98 Å². The molecule has 7 heteroatoms. The largest absolute Gasteiger partial charge is 0.357 e. The van der Waals surface area contributed by atoms with Crippen LogP contribution in [0.2, 0.25) is 0 Å². The fourth-order valence-corrected chi connectivity index (χ4v) is 3.64. The minimum Gasteiger partial charge on any atom is -0.357 e. The molecule has 3 rings (SSSR count). The molecule has 22 heavy (non-hydrogen) atoms. The van der Waals surface area contributed by atoms with Crippen LogP contribution in [0.5, 0.6) is 0 Å². The first-order chi connectivity index (χ1) is 10.7. The molecule has 1 aromatic carbocycles. The van der Waals surface area contributed by atoms with Gasteiger partial charge >= 0.3 is 0 Å². The lowest BCUT2D eigenvalue weighted by atomic mass is 10.0. The Kier molecular flexibility index (Phi) is 4.02. The topological polar surface area (TPSA) is 83.1 Å². The molecule has 0 N–H and O–H groups in total. The Morgan fingerprint density at radius 1 is 1.45 bits per heavy atom. The third-order valence-corrected chi connectivity index (χ3v) is 4.73. The molecule has 0 bridgehead atoms. The molecule has 2 aromatic rings. The molecular weight excluding hydrogens is 300 g/mol. The van der Waals surface area contributed by atoms with Gasteiger partial charge in [-0.05, 0) is 31.4 Å². The highest BCUT2D eigenvalue weighted by atomic mass is 32.1. The number of nitro groups is 1. The van der Waals surface area contributed by atoms with E-state index in [1.54, 1.807) is 29.7 Å². The van der Waals surface area contributed by atoms with Crippen molar-refractivity contribution < 1.29 is 4.92 Å². The lowest BCUT2D eigenvalue weighted by Gasteiger charge is -2.36. The number of piperidine rings is 1. The Balaban J connectivity index is 2.04. The maximum atomic E-state index is 11.4. The van der Waals surface area contributed by atoms with Crippen LogP contribution in [0.3, 0.4) is 0 Å². The maximum Gasteiger partial charge on any atom is 0.293 e. The van der Waals surface area contributed by atoms with E-state index in [9.17, 15) is 10.1 Å². The summed E-state index contributed by atoms with van der Waals surface area (Å²) in [6.45, 7) is 0.761. The van der Waals surface area contributed by atoms with Gasteiger partial charge in [-0.25, -0.2) is 4.98 Å². The van der Waals surface area contributed by atoms with E-state index in [0.29, 0.717) is 11.3 Å². The molecule has 6 nitrogen and oxygen atoms in total. The van der Waals surface area contributed by atoms with Crippen molar-refractivity contribution >= 4 is 22.7 Å². The minimum absolute atomic E-state index is 0.0116. The minimum atomic E-state index is -0.413. The van der Waals surface area contributed by atoms with E-state index in [1.165, 1.54) is 6.07 Å². The van der Waals surface area contributed by atoms with Crippen LogP contribution >= 0.6 is 11.3 Å². The Morgan fingerprint density at radius 3 is 3.00 bits per heavy atom.